The van der Waals surface area contributed by atoms with Gasteiger partial charge in [-0.2, -0.15) is 0 Å². The highest BCUT2D eigenvalue weighted by molar-refractivity contribution is 5.45. The summed E-state index contributed by atoms with van der Waals surface area (Å²) in [6, 6.07) is 4.36. The monoisotopic (exact) mass is 219 g/mol. The molecule has 0 aliphatic carbocycles. The van der Waals surface area contributed by atoms with Gasteiger partial charge in [0.15, 0.2) is 0 Å². The number of rotatable bonds is 2. The smallest absolute Gasteiger partial charge is 0.122 e. The second-order valence-electron chi connectivity index (χ2n) is 4.63. The third-order valence-corrected chi connectivity index (χ3v) is 3.78. The fourth-order valence-corrected chi connectivity index (χ4v) is 2.61. The summed E-state index contributed by atoms with van der Waals surface area (Å²) in [6.07, 6.45) is 2.51. The van der Waals surface area contributed by atoms with E-state index in [2.05, 4.69) is 31.3 Å². The van der Waals surface area contributed by atoms with Crippen LogP contribution in [0, 0.1) is 13.8 Å². The second kappa shape index (κ2) is 4.88. The van der Waals surface area contributed by atoms with Gasteiger partial charge >= 0.3 is 0 Å². The van der Waals surface area contributed by atoms with Crippen LogP contribution >= 0.6 is 0 Å². The Morgan fingerprint density at radius 1 is 1.12 bits per heavy atom. The molecule has 0 bridgehead atoms. The Kier molecular flexibility index (Phi) is 3.49. The van der Waals surface area contributed by atoms with Crippen molar-refractivity contribution in [1.29, 1.82) is 0 Å². The van der Waals surface area contributed by atoms with Crippen LogP contribution in [0.25, 0.3) is 0 Å². The van der Waals surface area contributed by atoms with E-state index in [1.54, 1.807) is 7.11 Å². The fraction of sp³-hybridized carbons (Fsp3) is 0.571. The SMILES string of the molecule is COc1ccc(C2CCNCC2)c(C)c1C. The van der Waals surface area contributed by atoms with E-state index in [1.165, 1.54) is 29.5 Å². The topological polar surface area (TPSA) is 21.3 Å². The van der Waals surface area contributed by atoms with Crippen molar-refractivity contribution < 1.29 is 4.74 Å². The quantitative estimate of drug-likeness (QED) is 0.826. The summed E-state index contributed by atoms with van der Waals surface area (Å²) in [5.41, 5.74) is 4.21. The summed E-state index contributed by atoms with van der Waals surface area (Å²) < 4.78 is 5.36. The normalized spacial score (nSPS) is 17.4. The van der Waals surface area contributed by atoms with Gasteiger partial charge in [-0.25, -0.2) is 0 Å². The average molecular weight is 219 g/mol. The van der Waals surface area contributed by atoms with E-state index < -0.39 is 0 Å². The zero-order valence-corrected chi connectivity index (χ0v) is 10.5. The molecule has 1 aliphatic heterocycles. The first-order chi connectivity index (χ1) is 7.74. The van der Waals surface area contributed by atoms with Crippen LogP contribution in [0.15, 0.2) is 12.1 Å². The molecule has 0 saturated carbocycles. The lowest BCUT2D eigenvalue weighted by Gasteiger charge is -2.25. The Hall–Kier alpha value is -1.02. The maximum absolute atomic E-state index is 5.36. The molecule has 0 amide bonds. The van der Waals surface area contributed by atoms with Gasteiger partial charge in [0.1, 0.15) is 5.75 Å². The second-order valence-corrected chi connectivity index (χ2v) is 4.63. The Morgan fingerprint density at radius 3 is 2.44 bits per heavy atom. The minimum absolute atomic E-state index is 0.728. The predicted octanol–water partition coefficient (Wildman–Crippen LogP) is 2.78. The summed E-state index contributed by atoms with van der Waals surface area (Å²) in [7, 11) is 1.74. The van der Waals surface area contributed by atoms with Crippen molar-refractivity contribution in [2.24, 2.45) is 0 Å². The highest BCUT2D eigenvalue weighted by atomic mass is 16.5. The van der Waals surface area contributed by atoms with Crippen LogP contribution in [0.2, 0.25) is 0 Å². The number of methoxy groups -OCH3 is 1. The molecule has 2 nitrogen and oxygen atoms in total. The first-order valence-electron chi connectivity index (χ1n) is 6.09. The fourth-order valence-electron chi connectivity index (χ4n) is 2.61. The molecule has 0 radical (unpaired) electrons. The molecular weight excluding hydrogens is 198 g/mol. The van der Waals surface area contributed by atoms with Gasteiger partial charge in [-0.1, -0.05) is 6.07 Å². The Bertz CT molecular complexity index is 367. The molecule has 1 heterocycles. The van der Waals surface area contributed by atoms with Crippen molar-refractivity contribution in [1.82, 2.24) is 5.32 Å². The van der Waals surface area contributed by atoms with Gasteiger partial charge in [0.2, 0.25) is 0 Å². The molecule has 1 fully saturated rings. The predicted molar refractivity (Wildman–Crippen MR) is 67.3 cm³/mol. The van der Waals surface area contributed by atoms with Crippen LogP contribution in [0.3, 0.4) is 0 Å². The van der Waals surface area contributed by atoms with Gasteiger partial charge in [0.05, 0.1) is 7.11 Å². The summed E-state index contributed by atoms with van der Waals surface area (Å²) in [5.74, 6) is 1.74. The van der Waals surface area contributed by atoms with Crippen molar-refractivity contribution in [2.45, 2.75) is 32.6 Å². The van der Waals surface area contributed by atoms with Crippen LogP contribution in [0.1, 0.15) is 35.4 Å². The molecule has 16 heavy (non-hydrogen) atoms. The summed E-state index contributed by atoms with van der Waals surface area (Å²) in [6.45, 7) is 6.67. The lowest BCUT2D eigenvalue weighted by Crippen LogP contribution is -2.27. The van der Waals surface area contributed by atoms with Gasteiger partial charge in [-0.3, -0.25) is 0 Å². The van der Waals surface area contributed by atoms with E-state index in [0.717, 1.165) is 24.8 Å². The third-order valence-electron chi connectivity index (χ3n) is 3.78. The lowest BCUT2D eigenvalue weighted by molar-refractivity contribution is 0.410. The van der Waals surface area contributed by atoms with Crippen LogP contribution in [0.4, 0.5) is 0 Å². The zero-order chi connectivity index (χ0) is 11.5. The number of ether oxygens (including phenoxy) is 1. The highest BCUT2D eigenvalue weighted by Gasteiger charge is 2.18. The van der Waals surface area contributed by atoms with Gasteiger partial charge < -0.3 is 10.1 Å². The molecule has 0 atom stereocenters. The van der Waals surface area contributed by atoms with Gasteiger partial charge in [-0.15, -0.1) is 0 Å². The number of piperidine rings is 1. The molecule has 1 aliphatic rings. The van der Waals surface area contributed by atoms with E-state index in [0.29, 0.717) is 0 Å². The molecule has 1 aromatic carbocycles. The molecule has 2 heteroatoms. The average Bonchev–Trinajstić information content (AvgIpc) is 2.34. The van der Waals surface area contributed by atoms with E-state index in [-0.39, 0.29) is 0 Å². The molecule has 2 rings (SSSR count). The molecular formula is C14H21NO. The minimum atomic E-state index is 0.728. The first-order valence-corrected chi connectivity index (χ1v) is 6.09. The van der Waals surface area contributed by atoms with E-state index in [1.807, 2.05) is 0 Å². The standard InChI is InChI=1S/C14H21NO/c1-10-11(2)14(16-3)5-4-13(10)12-6-8-15-9-7-12/h4-5,12,15H,6-9H2,1-3H3. The minimum Gasteiger partial charge on any atom is -0.496 e. The maximum atomic E-state index is 5.36. The van der Waals surface area contributed by atoms with E-state index >= 15 is 0 Å². The number of benzene rings is 1. The van der Waals surface area contributed by atoms with Gasteiger partial charge in [0.25, 0.3) is 0 Å². The van der Waals surface area contributed by atoms with Crippen LogP contribution in [0.5, 0.6) is 5.75 Å². The zero-order valence-electron chi connectivity index (χ0n) is 10.5. The molecule has 88 valence electrons. The number of hydrogen-bond acceptors (Lipinski definition) is 2. The third kappa shape index (κ3) is 2.07. The van der Waals surface area contributed by atoms with Gasteiger partial charge in [-0.05, 0) is 68.5 Å². The van der Waals surface area contributed by atoms with Crippen LogP contribution in [-0.2, 0) is 0 Å². The van der Waals surface area contributed by atoms with Crippen molar-refractivity contribution in [3.8, 4) is 5.75 Å². The first kappa shape index (κ1) is 11.5. The largest absolute Gasteiger partial charge is 0.496 e. The number of hydrogen-bond donors (Lipinski definition) is 1. The molecule has 1 saturated heterocycles. The molecule has 1 N–H and O–H groups in total. The van der Waals surface area contributed by atoms with E-state index in [9.17, 15) is 0 Å². The molecule has 0 unspecified atom stereocenters. The van der Waals surface area contributed by atoms with Crippen molar-refractivity contribution >= 4 is 0 Å². The summed E-state index contributed by atoms with van der Waals surface area (Å²) in [5, 5.41) is 3.42. The van der Waals surface area contributed by atoms with Crippen LogP contribution in [-0.4, -0.2) is 20.2 Å². The Morgan fingerprint density at radius 2 is 1.81 bits per heavy atom. The Labute approximate surface area is 98.0 Å². The van der Waals surface area contributed by atoms with Crippen LogP contribution < -0.4 is 10.1 Å². The molecule has 0 aromatic heterocycles. The van der Waals surface area contributed by atoms with E-state index in [4.69, 9.17) is 4.74 Å². The van der Waals surface area contributed by atoms with Crippen molar-refractivity contribution in [2.75, 3.05) is 20.2 Å². The summed E-state index contributed by atoms with van der Waals surface area (Å²) in [4.78, 5) is 0. The summed E-state index contributed by atoms with van der Waals surface area (Å²) >= 11 is 0. The highest BCUT2D eigenvalue weighted by Crippen LogP contribution is 2.32. The van der Waals surface area contributed by atoms with Crippen molar-refractivity contribution in [3.05, 3.63) is 28.8 Å². The number of nitrogens with one attached hydrogen (secondary N) is 1. The Balaban J connectivity index is 2.30. The molecule has 0 spiro atoms. The lowest BCUT2D eigenvalue weighted by atomic mass is 9.86. The van der Waals surface area contributed by atoms with Crippen molar-refractivity contribution in [3.63, 3.8) is 0 Å². The van der Waals surface area contributed by atoms with Gasteiger partial charge in [0, 0.05) is 0 Å². The molecule has 1 aromatic rings. The maximum Gasteiger partial charge on any atom is 0.122 e.